The molecule has 0 aliphatic heterocycles. The highest BCUT2D eigenvalue weighted by molar-refractivity contribution is 5.27. The summed E-state index contributed by atoms with van der Waals surface area (Å²) in [4.78, 5) is 0. The number of methoxy groups -OCH3 is 1. The molecule has 3 heteroatoms. The largest absolute Gasteiger partial charge is 0.497 e. The van der Waals surface area contributed by atoms with E-state index in [9.17, 15) is 9.50 Å². The Kier molecular flexibility index (Phi) is 4.53. The monoisotopic (exact) mass is 260 g/mol. The van der Waals surface area contributed by atoms with Crippen molar-refractivity contribution in [3.63, 3.8) is 0 Å². The lowest BCUT2D eigenvalue weighted by atomic mass is 10.0. The van der Waals surface area contributed by atoms with E-state index in [0.29, 0.717) is 12.8 Å². The molecule has 0 saturated heterocycles. The maximum absolute atomic E-state index is 12.8. The molecule has 2 rings (SSSR count). The van der Waals surface area contributed by atoms with Crippen molar-refractivity contribution in [1.82, 2.24) is 0 Å². The summed E-state index contributed by atoms with van der Waals surface area (Å²) in [7, 11) is 1.62. The molecule has 0 spiro atoms. The molecule has 0 amide bonds. The Bertz CT molecular complexity index is 505. The summed E-state index contributed by atoms with van der Waals surface area (Å²) < 4.78 is 17.9. The Morgan fingerprint density at radius 3 is 1.89 bits per heavy atom. The molecular formula is C16H17FO2. The SMILES string of the molecule is COc1ccc(CC(O)Cc2ccc(F)cc2)cc1. The zero-order valence-corrected chi connectivity index (χ0v) is 10.8. The van der Waals surface area contributed by atoms with Crippen LogP contribution in [0.25, 0.3) is 0 Å². The molecule has 2 aromatic rings. The van der Waals surface area contributed by atoms with Crippen LogP contribution in [0, 0.1) is 5.82 Å². The van der Waals surface area contributed by atoms with Gasteiger partial charge in [0.2, 0.25) is 0 Å². The molecule has 1 atom stereocenters. The summed E-state index contributed by atoms with van der Waals surface area (Å²) in [6, 6.07) is 13.9. The molecule has 0 saturated carbocycles. The highest BCUT2D eigenvalue weighted by Gasteiger charge is 2.07. The molecule has 0 aliphatic rings. The van der Waals surface area contributed by atoms with Gasteiger partial charge in [0.25, 0.3) is 0 Å². The number of rotatable bonds is 5. The molecule has 0 fully saturated rings. The molecule has 2 nitrogen and oxygen atoms in total. The van der Waals surface area contributed by atoms with Crippen LogP contribution in [-0.4, -0.2) is 18.3 Å². The topological polar surface area (TPSA) is 29.5 Å². The van der Waals surface area contributed by atoms with Gasteiger partial charge in [0, 0.05) is 0 Å². The normalized spacial score (nSPS) is 12.2. The number of ether oxygens (including phenoxy) is 1. The van der Waals surface area contributed by atoms with Gasteiger partial charge in [0.15, 0.2) is 0 Å². The predicted molar refractivity (Wildman–Crippen MR) is 72.8 cm³/mol. The summed E-state index contributed by atoms with van der Waals surface area (Å²) in [5.74, 6) is 0.546. The lowest BCUT2D eigenvalue weighted by Gasteiger charge is -2.11. The minimum atomic E-state index is -0.473. The molecule has 100 valence electrons. The van der Waals surface area contributed by atoms with E-state index in [1.807, 2.05) is 24.3 Å². The Balaban J connectivity index is 1.92. The van der Waals surface area contributed by atoms with E-state index in [1.54, 1.807) is 19.2 Å². The maximum Gasteiger partial charge on any atom is 0.123 e. The average molecular weight is 260 g/mol. The molecular weight excluding hydrogens is 243 g/mol. The Labute approximate surface area is 112 Å². The molecule has 2 aromatic carbocycles. The first-order chi connectivity index (χ1) is 9.17. The zero-order valence-electron chi connectivity index (χ0n) is 10.8. The predicted octanol–water partition coefficient (Wildman–Crippen LogP) is 2.98. The van der Waals surface area contributed by atoms with Crippen LogP contribution >= 0.6 is 0 Å². The fraction of sp³-hybridized carbons (Fsp3) is 0.250. The van der Waals surface area contributed by atoms with Gasteiger partial charge < -0.3 is 9.84 Å². The summed E-state index contributed by atoms with van der Waals surface area (Å²) in [6.07, 6.45) is 0.618. The molecule has 19 heavy (non-hydrogen) atoms. The van der Waals surface area contributed by atoms with Crippen molar-refractivity contribution >= 4 is 0 Å². The van der Waals surface area contributed by atoms with Crippen LogP contribution in [0.4, 0.5) is 4.39 Å². The Morgan fingerprint density at radius 2 is 1.42 bits per heavy atom. The van der Waals surface area contributed by atoms with Crippen LogP contribution in [0.15, 0.2) is 48.5 Å². The second-order valence-corrected chi connectivity index (χ2v) is 4.54. The van der Waals surface area contributed by atoms with Crippen molar-refractivity contribution in [2.24, 2.45) is 0 Å². The zero-order chi connectivity index (χ0) is 13.7. The highest BCUT2D eigenvalue weighted by Crippen LogP contribution is 2.14. The van der Waals surface area contributed by atoms with Crippen LogP contribution in [0.1, 0.15) is 11.1 Å². The first-order valence-electron chi connectivity index (χ1n) is 6.23. The van der Waals surface area contributed by atoms with Gasteiger partial charge >= 0.3 is 0 Å². The standard InChI is InChI=1S/C16H17FO2/c1-19-16-8-4-13(5-9-16)11-15(18)10-12-2-6-14(17)7-3-12/h2-9,15,18H,10-11H2,1H3. The van der Waals surface area contributed by atoms with Gasteiger partial charge in [-0.1, -0.05) is 24.3 Å². The van der Waals surface area contributed by atoms with Gasteiger partial charge in [0.05, 0.1) is 13.2 Å². The first kappa shape index (κ1) is 13.6. The number of benzene rings is 2. The fourth-order valence-electron chi connectivity index (χ4n) is 2.00. The summed E-state index contributed by atoms with van der Waals surface area (Å²) in [6.45, 7) is 0. The van der Waals surface area contributed by atoms with E-state index in [0.717, 1.165) is 16.9 Å². The second-order valence-electron chi connectivity index (χ2n) is 4.54. The van der Waals surface area contributed by atoms with E-state index in [2.05, 4.69) is 0 Å². The summed E-state index contributed by atoms with van der Waals surface area (Å²) in [5, 5.41) is 10.0. The van der Waals surface area contributed by atoms with E-state index in [4.69, 9.17) is 4.74 Å². The molecule has 1 unspecified atom stereocenters. The van der Waals surface area contributed by atoms with Gasteiger partial charge in [0.1, 0.15) is 11.6 Å². The summed E-state index contributed by atoms with van der Waals surface area (Å²) >= 11 is 0. The van der Waals surface area contributed by atoms with Crippen molar-refractivity contribution in [2.75, 3.05) is 7.11 Å². The van der Waals surface area contributed by atoms with E-state index in [1.165, 1.54) is 12.1 Å². The lowest BCUT2D eigenvalue weighted by molar-refractivity contribution is 0.175. The third-order valence-corrected chi connectivity index (χ3v) is 3.01. The van der Waals surface area contributed by atoms with Gasteiger partial charge in [-0.25, -0.2) is 4.39 Å². The van der Waals surface area contributed by atoms with Gasteiger partial charge in [-0.3, -0.25) is 0 Å². The van der Waals surface area contributed by atoms with Crippen molar-refractivity contribution in [3.8, 4) is 5.75 Å². The number of aliphatic hydroxyl groups excluding tert-OH is 1. The third kappa shape index (κ3) is 4.07. The Hall–Kier alpha value is -1.87. The number of hydrogen-bond acceptors (Lipinski definition) is 2. The van der Waals surface area contributed by atoms with E-state index >= 15 is 0 Å². The first-order valence-corrected chi connectivity index (χ1v) is 6.23. The number of aliphatic hydroxyl groups is 1. The Morgan fingerprint density at radius 1 is 0.947 bits per heavy atom. The quantitative estimate of drug-likeness (QED) is 0.895. The molecule has 0 radical (unpaired) electrons. The van der Waals surface area contributed by atoms with Crippen molar-refractivity contribution in [1.29, 1.82) is 0 Å². The van der Waals surface area contributed by atoms with Crippen molar-refractivity contribution in [3.05, 3.63) is 65.5 Å². The third-order valence-electron chi connectivity index (χ3n) is 3.01. The summed E-state index contributed by atoms with van der Waals surface area (Å²) in [5.41, 5.74) is 1.98. The van der Waals surface area contributed by atoms with Crippen LogP contribution in [0.2, 0.25) is 0 Å². The molecule has 0 bridgehead atoms. The van der Waals surface area contributed by atoms with E-state index < -0.39 is 6.10 Å². The smallest absolute Gasteiger partial charge is 0.123 e. The fourth-order valence-corrected chi connectivity index (χ4v) is 2.00. The van der Waals surface area contributed by atoms with Gasteiger partial charge in [-0.05, 0) is 48.2 Å². The van der Waals surface area contributed by atoms with Crippen molar-refractivity contribution in [2.45, 2.75) is 18.9 Å². The van der Waals surface area contributed by atoms with Gasteiger partial charge in [-0.15, -0.1) is 0 Å². The van der Waals surface area contributed by atoms with Crippen LogP contribution < -0.4 is 4.74 Å². The van der Waals surface area contributed by atoms with Gasteiger partial charge in [-0.2, -0.15) is 0 Å². The lowest BCUT2D eigenvalue weighted by Crippen LogP contribution is -2.13. The highest BCUT2D eigenvalue weighted by atomic mass is 19.1. The van der Waals surface area contributed by atoms with Crippen molar-refractivity contribution < 1.29 is 14.2 Å². The van der Waals surface area contributed by atoms with Crippen LogP contribution in [0.3, 0.4) is 0 Å². The average Bonchev–Trinajstić information content (AvgIpc) is 2.42. The molecule has 0 aliphatic carbocycles. The molecule has 1 N–H and O–H groups in total. The van der Waals surface area contributed by atoms with Crippen LogP contribution in [-0.2, 0) is 12.8 Å². The minimum Gasteiger partial charge on any atom is -0.497 e. The van der Waals surface area contributed by atoms with E-state index in [-0.39, 0.29) is 5.82 Å². The molecule has 0 heterocycles. The second kappa shape index (κ2) is 6.34. The number of halogens is 1. The minimum absolute atomic E-state index is 0.256. The maximum atomic E-state index is 12.8. The molecule has 0 aromatic heterocycles. The number of hydrogen-bond donors (Lipinski definition) is 1. The van der Waals surface area contributed by atoms with Crippen LogP contribution in [0.5, 0.6) is 5.75 Å².